The van der Waals surface area contributed by atoms with Crippen molar-refractivity contribution in [2.24, 2.45) is 5.16 Å². The molecule has 35 heavy (non-hydrogen) atoms. The van der Waals surface area contributed by atoms with Gasteiger partial charge in [-0.1, -0.05) is 101 Å². The molecule has 0 aromatic heterocycles. The molecule has 0 aliphatic heterocycles. The maximum Gasteiger partial charge on any atom is 0.168 e. The molecule has 0 N–H and O–H groups in total. The number of hydrogen-bond donors (Lipinski definition) is 0. The molecule has 9 heteroatoms. The topological polar surface area (TPSA) is 49.3 Å². The van der Waals surface area contributed by atoms with Gasteiger partial charge >= 0.3 is 0 Å². The maximum absolute atomic E-state index is 15.3. The lowest BCUT2D eigenvalue weighted by atomic mass is 10.1. The van der Waals surface area contributed by atoms with E-state index in [2.05, 4.69) is 9.99 Å². The predicted octanol–water partition coefficient (Wildman–Crippen LogP) is 7.17. The van der Waals surface area contributed by atoms with Gasteiger partial charge in [0.1, 0.15) is 19.0 Å². The van der Waals surface area contributed by atoms with E-state index in [1.807, 2.05) is 60.7 Å². The summed E-state index contributed by atoms with van der Waals surface area (Å²) in [6, 6.07) is 21.9. The number of hydrogen-bond acceptors (Lipinski definition) is 5. The molecule has 3 aromatic rings. The molecule has 0 aliphatic carbocycles. The molecular weight excluding hydrogens is 516 g/mol. The van der Waals surface area contributed by atoms with Crippen LogP contribution in [0.25, 0.3) is 0 Å². The first-order valence-corrected chi connectivity index (χ1v) is 11.9. The zero-order valence-corrected chi connectivity index (χ0v) is 21.2. The highest BCUT2D eigenvalue weighted by atomic mass is 35.5. The summed E-state index contributed by atoms with van der Waals surface area (Å²) in [4.78, 5) is 4.66. The Morgan fingerprint density at radius 1 is 0.857 bits per heavy atom. The third-order valence-corrected chi connectivity index (χ3v) is 5.94. The van der Waals surface area contributed by atoms with E-state index in [-0.39, 0.29) is 34.0 Å². The molecular formula is C26H25Cl3FNO4. The average molecular weight is 541 g/mol. The Morgan fingerprint density at radius 3 is 2.09 bits per heavy atom. The van der Waals surface area contributed by atoms with Gasteiger partial charge in [-0.15, -0.1) is 0 Å². The lowest BCUT2D eigenvalue weighted by Gasteiger charge is -2.29. The lowest BCUT2D eigenvalue weighted by Crippen LogP contribution is -2.44. The molecule has 0 saturated carbocycles. The van der Waals surface area contributed by atoms with E-state index in [1.54, 1.807) is 0 Å². The molecule has 0 aliphatic rings. The smallest absolute Gasteiger partial charge is 0.168 e. The molecule has 5 nitrogen and oxygen atoms in total. The van der Waals surface area contributed by atoms with Crippen LogP contribution in [0.15, 0.2) is 78.0 Å². The fourth-order valence-electron chi connectivity index (χ4n) is 3.20. The number of halogens is 4. The molecule has 3 aromatic carbocycles. The number of nitrogens with zero attached hydrogens (tertiary/aromatic N) is 1. The van der Waals surface area contributed by atoms with Crippen LogP contribution in [-0.2, 0) is 27.5 Å². The van der Waals surface area contributed by atoms with E-state index in [0.29, 0.717) is 6.61 Å². The van der Waals surface area contributed by atoms with Crippen molar-refractivity contribution < 1.29 is 23.4 Å². The van der Waals surface area contributed by atoms with Crippen LogP contribution >= 0.6 is 34.8 Å². The van der Waals surface area contributed by atoms with Crippen LogP contribution < -0.4 is 4.74 Å². The second kappa shape index (κ2) is 14.3. The largest absolute Gasteiger partial charge is 0.484 e. The number of alkyl halides is 1. The predicted molar refractivity (Wildman–Crippen MR) is 137 cm³/mol. The SMILES string of the molecule is CO/N=C/[C@@H](F)[C@H](OCc1ccccc1)[C@@H](COCc1ccccc1)Oc1cc(Cl)c(Cl)cc1Cl. The van der Waals surface area contributed by atoms with Crippen molar-refractivity contribution >= 4 is 41.0 Å². The van der Waals surface area contributed by atoms with Crippen LogP contribution in [0.4, 0.5) is 4.39 Å². The highest BCUT2D eigenvalue weighted by Crippen LogP contribution is 2.35. The van der Waals surface area contributed by atoms with Gasteiger partial charge in [-0.3, -0.25) is 0 Å². The first-order valence-electron chi connectivity index (χ1n) is 10.8. The van der Waals surface area contributed by atoms with Crippen molar-refractivity contribution in [3.63, 3.8) is 0 Å². The Hall–Kier alpha value is -2.35. The lowest BCUT2D eigenvalue weighted by molar-refractivity contribution is -0.0873. The fourth-order valence-corrected chi connectivity index (χ4v) is 3.78. The van der Waals surface area contributed by atoms with E-state index in [9.17, 15) is 0 Å². The van der Waals surface area contributed by atoms with E-state index in [4.69, 9.17) is 49.0 Å². The van der Waals surface area contributed by atoms with Crippen molar-refractivity contribution in [1.82, 2.24) is 0 Å². The van der Waals surface area contributed by atoms with Crippen molar-refractivity contribution in [2.75, 3.05) is 13.7 Å². The third kappa shape index (κ3) is 8.67. The molecule has 0 unspecified atom stereocenters. The molecule has 0 fully saturated rings. The van der Waals surface area contributed by atoms with Crippen molar-refractivity contribution in [3.8, 4) is 5.75 Å². The van der Waals surface area contributed by atoms with Crippen LogP contribution in [0.5, 0.6) is 5.75 Å². The average Bonchev–Trinajstić information content (AvgIpc) is 2.87. The van der Waals surface area contributed by atoms with Gasteiger partial charge in [0.05, 0.1) is 41.1 Å². The molecule has 186 valence electrons. The highest BCUT2D eigenvalue weighted by molar-refractivity contribution is 6.43. The summed E-state index contributed by atoms with van der Waals surface area (Å²) in [5.74, 6) is 0.221. The Labute approximate surface area is 219 Å². The van der Waals surface area contributed by atoms with Gasteiger partial charge < -0.3 is 19.0 Å². The van der Waals surface area contributed by atoms with Gasteiger partial charge in [0.15, 0.2) is 12.3 Å². The van der Waals surface area contributed by atoms with Gasteiger partial charge in [-0.05, 0) is 17.2 Å². The number of rotatable bonds is 13. The van der Waals surface area contributed by atoms with Gasteiger partial charge in [0.25, 0.3) is 0 Å². The number of ether oxygens (including phenoxy) is 3. The van der Waals surface area contributed by atoms with Crippen LogP contribution in [0, 0.1) is 0 Å². The minimum Gasteiger partial charge on any atom is -0.484 e. The van der Waals surface area contributed by atoms with Crippen LogP contribution in [0.3, 0.4) is 0 Å². The maximum atomic E-state index is 15.3. The Balaban J connectivity index is 1.85. The van der Waals surface area contributed by atoms with Crippen molar-refractivity contribution in [2.45, 2.75) is 31.6 Å². The van der Waals surface area contributed by atoms with Crippen LogP contribution in [-0.4, -0.2) is 38.3 Å². The summed E-state index contributed by atoms with van der Waals surface area (Å²) in [6.45, 7) is 0.427. The monoisotopic (exact) mass is 539 g/mol. The summed E-state index contributed by atoms with van der Waals surface area (Å²) in [5.41, 5.74) is 1.82. The van der Waals surface area contributed by atoms with Crippen LogP contribution in [0.1, 0.15) is 11.1 Å². The minimum atomic E-state index is -1.68. The molecule has 0 amide bonds. The number of oxime groups is 1. The Kier molecular flexibility index (Phi) is 11.1. The minimum absolute atomic E-state index is 0.00777. The second-order valence-electron chi connectivity index (χ2n) is 7.50. The van der Waals surface area contributed by atoms with Gasteiger partial charge in [0, 0.05) is 6.07 Å². The summed E-state index contributed by atoms with van der Waals surface area (Å²) in [7, 11) is 1.33. The van der Waals surface area contributed by atoms with Gasteiger partial charge in [0.2, 0.25) is 0 Å². The first kappa shape index (κ1) is 27.2. The summed E-state index contributed by atoms with van der Waals surface area (Å²) >= 11 is 18.5. The third-order valence-electron chi connectivity index (χ3n) is 4.92. The standard InChI is InChI=1S/C26H25Cl3FNO4/c1-32-31-14-23(30)26(34-16-19-10-6-3-7-11-19)25(17-33-15-18-8-4-2-5-9-18)35-24-13-21(28)20(27)12-22(24)29/h2-14,23,25-26H,15-17H2,1H3/b31-14+/t23-,25-,26+/m1/s1. The highest BCUT2D eigenvalue weighted by Gasteiger charge is 2.33. The van der Waals surface area contributed by atoms with Gasteiger partial charge in [-0.25, -0.2) is 4.39 Å². The van der Waals surface area contributed by atoms with E-state index in [1.165, 1.54) is 19.2 Å². The summed E-state index contributed by atoms with van der Waals surface area (Å²) in [5, 5.41) is 4.30. The van der Waals surface area contributed by atoms with Crippen molar-refractivity contribution in [1.29, 1.82) is 0 Å². The van der Waals surface area contributed by atoms with Gasteiger partial charge in [-0.2, -0.15) is 0 Å². The molecule has 3 atom stereocenters. The Bertz CT molecular complexity index is 1070. The van der Waals surface area contributed by atoms with Crippen LogP contribution in [0.2, 0.25) is 15.1 Å². The van der Waals surface area contributed by atoms with E-state index in [0.717, 1.165) is 17.3 Å². The van der Waals surface area contributed by atoms with Crippen molar-refractivity contribution in [3.05, 3.63) is 99.0 Å². The molecule has 0 heterocycles. The number of benzene rings is 3. The second-order valence-corrected chi connectivity index (χ2v) is 8.72. The summed E-state index contributed by atoms with van der Waals surface area (Å²) in [6.07, 6.45) is -2.70. The molecule has 0 radical (unpaired) electrons. The quantitative estimate of drug-likeness (QED) is 0.131. The normalized spacial score (nSPS) is 14.0. The van der Waals surface area contributed by atoms with E-state index < -0.39 is 18.4 Å². The first-order chi connectivity index (χ1) is 17.0. The summed E-state index contributed by atoms with van der Waals surface area (Å²) < 4.78 is 33.3. The molecule has 3 rings (SSSR count). The Morgan fingerprint density at radius 2 is 1.46 bits per heavy atom. The molecule has 0 saturated heterocycles. The zero-order chi connectivity index (χ0) is 25.0. The van der Waals surface area contributed by atoms with E-state index >= 15 is 4.39 Å². The molecule has 0 bridgehead atoms. The zero-order valence-electron chi connectivity index (χ0n) is 19.0. The molecule has 0 spiro atoms. The fraction of sp³-hybridized carbons (Fsp3) is 0.269.